The predicted octanol–water partition coefficient (Wildman–Crippen LogP) is 4.61. The van der Waals surface area contributed by atoms with E-state index in [0.29, 0.717) is 24.6 Å². The molecule has 7 nitrogen and oxygen atoms in total. The maximum Gasteiger partial charge on any atom is 0.338 e. The first-order valence-corrected chi connectivity index (χ1v) is 13.7. The summed E-state index contributed by atoms with van der Waals surface area (Å²) in [4.78, 5) is 26.8. The Hall–Kier alpha value is -3.29. The van der Waals surface area contributed by atoms with E-state index in [1.54, 1.807) is 0 Å². The molecule has 2 aliphatic heterocycles. The minimum Gasteiger partial charge on any atom is -0.461 e. The molecule has 38 heavy (non-hydrogen) atoms. The number of amidine groups is 1. The molecule has 3 aliphatic rings. The second-order valence-corrected chi connectivity index (χ2v) is 10.5. The maximum absolute atomic E-state index is 12.8. The summed E-state index contributed by atoms with van der Waals surface area (Å²) in [5, 5.41) is 0. The number of benzene rings is 1. The lowest BCUT2D eigenvalue weighted by Crippen LogP contribution is -2.40. The van der Waals surface area contributed by atoms with Crippen molar-refractivity contribution in [3.63, 3.8) is 0 Å². The summed E-state index contributed by atoms with van der Waals surface area (Å²) in [6.07, 6.45) is 11.2. The summed E-state index contributed by atoms with van der Waals surface area (Å²) in [5.41, 5.74) is 6.59. The number of nitrogens with zero attached hydrogens (tertiary/aromatic N) is 4. The van der Waals surface area contributed by atoms with Crippen LogP contribution in [0.2, 0.25) is 0 Å². The average Bonchev–Trinajstić information content (AvgIpc) is 3.30. The SMILES string of the molecule is CN(C)CCOC(=O)c1cccc(C2=C3CCC(Cc4ccncc4)/C3=C/CCC(N3CCOCC3)=N2)c1. The van der Waals surface area contributed by atoms with Crippen LogP contribution in [0.3, 0.4) is 0 Å². The number of esters is 1. The zero-order chi connectivity index (χ0) is 26.3. The van der Waals surface area contributed by atoms with Crippen LogP contribution in [0.1, 0.15) is 47.2 Å². The van der Waals surface area contributed by atoms with Crippen molar-refractivity contribution < 1.29 is 14.3 Å². The van der Waals surface area contributed by atoms with Crippen LogP contribution in [0.25, 0.3) is 5.70 Å². The molecule has 3 heterocycles. The van der Waals surface area contributed by atoms with Crippen LogP contribution < -0.4 is 0 Å². The Morgan fingerprint density at radius 1 is 1.13 bits per heavy atom. The topological polar surface area (TPSA) is 67.3 Å². The van der Waals surface area contributed by atoms with Gasteiger partial charge in [0.2, 0.25) is 0 Å². The Morgan fingerprint density at radius 2 is 1.95 bits per heavy atom. The molecule has 1 unspecified atom stereocenters. The molecule has 0 radical (unpaired) electrons. The third-order valence-electron chi connectivity index (χ3n) is 7.54. The van der Waals surface area contributed by atoms with Crippen LogP contribution in [0.5, 0.6) is 0 Å². The van der Waals surface area contributed by atoms with Crippen LogP contribution in [-0.2, 0) is 15.9 Å². The quantitative estimate of drug-likeness (QED) is 0.503. The van der Waals surface area contributed by atoms with Crippen LogP contribution in [0.15, 0.2) is 71.0 Å². The van der Waals surface area contributed by atoms with Crippen molar-refractivity contribution in [3.8, 4) is 0 Å². The van der Waals surface area contributed by atoms with Crippen LogP contribution in [0, 0.1) is 5.92 Å². The number of fused-ring (bicyclic) bond motifs is 1. The molecule has 1 aliphatic carbocycles. The third kappa shape index (κ3) is 6.40. The molecule has 5 rings (SSSR count). The largest absolute Gasteiger partial charge is 0.461 e. The van der Waals surface area contributed by atoms with Crippen LogP contribution in [0.4, 0.5) is 0 Å². The van der Waals surface area contributed by atoms with E-state index in [-0.39, 0.29) is 5.97 Å². The summed E-state index contributed by atoms with van der Waals surface area (Å²) in [5.74, 6) is 1.28. The molecule has 1 aromatic heterocycles. The van der Waals surface area contributed by atoms with Crippen molar-refractivity contribution in [2.45, 2.75) is 32.1 Å². The highest BCUT2D eigenvalue weighted by atomic mass is 16.5. The Kier molecular flexibility index (Phi) is 8.66. The van der Waals surface area contributed by atoms with Crippen molar-refractivity contribution in [1.29, 1.82) is 0 Å². The zero-order valence-corrected chi connectivity index (χ0v) is 22.6. The number of carbonyl (C=O) groups is 1. The monoisotopic (exact) mass is 514 g/mol. The van der Waals surface area contributed by atoms with E-state index in [1.807, 2.05) is 49.6 Å². The number of hydrogen-bond acceptors (Lipinski definition) is 7. The molecule has 1 saturated heterocycles. The van der Waals surface area contributed by atoms with Crippen molar-refractivity contribution in [3.05, 3.63) is 82.7 Å². The van der Waals surface area contributed by atoms with Gasteiger partial charge in [-0.1, -0.05) is 18.2 Å². The number of aromatic nitrogens is 1. The molecule has 0 spiro atoms. The van der Waals surface area contributed by atoms with Gasteiger partial charge in [0, 0.05) is 44.0 Å². The lowest BCUT2D eigenvalue weighted by Gasteiger charge is -2.31. The van der Waals surface area contributed by atoms with Crippen molar-refractivity contribution in [1.82, 2.24) is 14.8 Å². The number of likely N-dealkylation sites (N-methyl/N-ethyl adjacent to an activating group) is 1. The number of carbonyl (C=O) groups excluding carboxylic acids is 1. The first-order valence-electron chi connectivity index (χ1n) is 13.7. The smallest absolute Gasteiger partial charge is 0.338 e. The minimum atomic E-state index is -0.291. The van der Waals surface area contributed by atoms with Gasteiger partial charge >= 0.3 is 5.97 Å². The predicted molar refractivity (Wildman–Crippen MR) is 150 cm³/mol. The maximum atomic E-state index is 12.8. The van der Waals surface area contributed by atoms with Crippen LogP contribution in [-0.4, -0.2) is 80.1 Å². The molecule has 2 fully saturated rings. The highest BCUT2D eigenvalue weighted by Crippen LogP contribution is 2.44. The van der Waals surface area contributed by atoms with Crippen LogP contribution >= 0.6 is 0 Å². The Labute approximate surface area is 225 Å². The number of ether oxygens (including phenoxy) is 2. The van der Waals surface area contributed by atoms with Gasteiger partial charge in [-0.25, -0.2) is 9.79 Å². The summed E-state index contributed by atoms with van der Waals surface area (Å²) in [7, 11) is 3.94. The second-order valence-electron chi connectivity index (χ2n) is 10.5. The second kappa shape index (κ2) is 12.5. The third-order valence-corrected chi connectivity index (χ3v) is 7.54. The Balaban J connectivity index is 1.49. The lowest BCUT2D eigenvalue weighted by molar-refractivity contribution is 0.0482. The zero-order valence-electron chi connectivity index (χ0n) is 22.6. The van der Waals surface area contributed by atoms with Gasteiger partial charge in [0.15, 0.2) is 0 Å². The number of pyridine rings is 1. The van der Waals surface area contributed by atoms with Gasteiger partial charge < -0.3 is 19.3 Å². The molecule has 2 aromatic rings. The molecular formula is C31H38N4O3. The molecule has 1 saturated carbocycles. The Bertz CT molecular complexity index is 1210. The lowest BCUT2D eigenvalue weighted by atomic mass is 9.90. The van der Waals surface area contributed by atoms with E-state index < -0.39 is 0 Å². The number of rotatable bonds is 7. The van der Waals surface area contributed by atoms with E-state index in [4.69, 9.17) is 14.5 Å². The minimum absolute atomic E-state index is 0.291. The summed E-state index contributed by atoms with van der Waals surface area (Å²) < 4.78 is 11.1. The average molecular weight is 515 g/mol. The van der Waals surface area contributed by atoms with Gasteiger partial charge in [0.25, 0.3) is 0 Å². The van der Waals surface area contributed by atoms with Crippen molar-refractivity contribution >= 4 is 17.5 Å². The summed E-state index contributed by atoms with van der Waals surface area (Å²) >= 11 is 0. The first kappa shape index (κ1) is 26.3. The fraction of sp³-hybridized carbons (Fsp3) is 0.452. The molecule has 1 atom stereocenters. The highest BCUT2D eigenvalue weighted by molar-refractivity contribution is 5.93. The molecule has 0 amide bonds. The molecule has 0 N–H and O–H groups in total. The molecule has 200 valence electrons. The van der Waals surface area contributed by atoms with E-state index in [1.165, 1.54) is 16.7 Å². The fourth-order valence-corrected chi connectivity index (χ4v) is 5.52. The first-order chi connectivity index (χ1) is 18.6. The van der Waals surface area contributed by atoms with Gasteiger partial charge in [-0.3, -0.25) is 4.98 Å². The van der Waals surface area contributed by atoms with E-state index in [0.717, 1.165) is 75.5 Å². The van der Waals surface area contributed by atoms with E-state index in [9.17, 15) is 4.79 Å². The van der Waals surface area contributed by atoms with E-state index in [2.05, 4.69) is 34.2 Å². The summed E-state index contributed by atoms with van der Waals surface area (Å²) in [6.45, 7) is 4.25. The number of hydrogen-bond donors (Lipinski definition) is 0. The molecule has 7 heteroatoms. The fourth-order valence-electron chi connectivity index (χ4n) is 5.52. The molecular weight excluding hydrogens is 476 g/mol. The standard InChI is InChI=1S/C31H38N4O3/c1-34(2)15-20-38-31(36)26-6-3-5-25(22-26)30-28-10-9-24(21-23-11-13-32-14-12-23)27(28)7-4-8-29(33-30)35-16-18-37-19-17-35/h3,5-7,11-14,22,24H,4,8-10,15-21H2,1-2H3/b27-7-,30-28?,33-29?. The number of aliphatic imine (C=N–C) groups is 1. The van der Waals surface area contributed by atoms with Gasteiger partial charge in [-0.2, -0.15) is 0 Å². The molecule has 0 bridgehead atoms. The van der Waals surface area contributed by atoms with E-state index >= 15 is 0 Å². The number of morpholine rings is 1. The number of allylic oxidation sites excluding steroid dienone is 3. The van der Waals surface area contributed by atoms with Crippen molar-refractivity contribution in [2.75, 3.05) is 53.6 Å². The molecule has 1 aromatic carbocycles. The highest BCUT2D eigenvalue weighted by Gasteiger charge is 2.30. The Morgan fingerprint density at radius 3 is 2.74 bits per heavy atom. The van der Waals surface area contributed by atoms with Gasteiger partial charge in [0.1, 0.15) is 12.4 Å². The van der Waals surface area contributed by atoms with Gasteiger partial charge in [-0.05, 0) is 86.7 Å². The summed E-state index contributed by atoms with van der Waals surface area (Å²) in [6, 6.07) is 12.0. The normalized spacial score (nSPS) is 21.3. The van der Waals surface area contributed by atoms with Crippen molar-refractivity contribution in [2.24, 2.45) is 10.9 Å². The van der Waals surface area contributed by atoms with Gasteiger partial charge in [-0.15, -0.1) is 0 Å². The van der Waals surface area contributed by atoms with Gasteiger partial charge in [0.05, 0.1) is 24.5 Å².